The lowest BCUT2D eigenvalue weighted by Gasteiger charge is -2.10. The normalized spacial score (nSPS) is 10.1. The van der Waals surface area contributed by atoms with Crippen molar-refractivity contribution in [3.8, 4) is 11.5 Å². The number of rotatable bonds is 3. The Morgan fingerprint density at radius 2 is 1.88 bits per heavy atom. The molecule has 0 spiro atoms. The molecule has 2 aromatic rings. The van der Waals surface area contributed by atoms with Gasteiger partial charge in [-0.05, 0) is 23.6 Å². The summed E-state index contributed by atoms with van der Waals surface area (Å²) < 4.78 is 10.5. The topological polar surface area (TPSA) is 35.5 Å². The van der Waals surface area contributed by atoms with E-state index in [2.05, 4.69) is 0 Å². The predicted octanol–water partition coefficient (Wildman–Crippen LogP) is 2.67. The van der Waals surface area contributed by atoms with Gasteiger partial charge >= 0.3 is 0 Å². The van der Waals surface area contributed by atoms with Crippen LogP contribution < -0.4 is 9.47 Å². The highest BCUT2D eigenvalue weighted by atomic mass is 16.5. The Morgan fingerprint density at radius 1 is 1.06 bits per heavy atom. The van der Waals surface area contributed by atoms with Gasteiger partial charge in [0, 0.05) is 10.9 Å². The molecular formula is C13H12O3. The molecule has 0 aliphatic carbocycles. The van der Waals surface area contributed by atoms with E-state index in [0.717, 1.165) is 17.1 Å². The molecule has 0 aliphatic rings. The second kappa shape index (κ2) is 4.23. The fourth-order valence-corrected chi connectivity index (χ4v) is 1.74. The molecule has 0 N–H and O–H groups in total. The Balaban J connectivity index is 2.73. The number of methoxy groups -OCH3 is 2. The summed E-state index contributed by atoms with van der Waals surface area (Å²) in [4.78, 5) is 10.7. The molecule has 16 heavy (non-hydrogen) atoms. The maximum absolute atomic E-state index is 10.7. The smallest absolute Gasteiger partial charge is 0.168 e. The van der Waals surface area contributed by atoms with Crippen LogP contribution in [-0.4, -0.2) is 20.5 Å². The Labute approximate surface area is 93.6 Å². The average molecular weight is 216 g/mol. The lowest BCUT2D eigenvalue weighted by atomic mass is 10.1. The van der Waals surface area contributed by atoms with Crippen LogP contribution in [0.2, 0.25) is 0 Å². The van der Waals surface area contributed by atoms with Crippen LogP contribution in [0, 0.1) is 0 Å². The first kappa shape index (κ1) is 10.5. The predicted molar refractivity (Wildman–Crippen MR) is 62.4 cm³/mol. The van der Waals surface area contributed by atoms with E-state index in [0.29, 0.717) is 17.1 Å². The molecular weight excluding hydrogens is 204 g/mol. The van der Waals surface area contributed by atoms with Crippen molar-refractivity contribution in [3.63, 3.8) is 0 Å². The quantitative estimate of drug-likeness (QED) is 0.740. The van der Waals surface area contributed by atoms with Crippen LogP contribution in [0.1, 0.15) is 10.4 Å². The van der Waals surface area contributed by atoms with E-state index in [-0.39, 0.29) is 0 Å². The van der Waals surface area contributed by atoms with Crippen molar-refractivity contribution in [2.24, 2.45) is 0 Å². The lowest BCUT2D eigenvalue weighted by molar-refractivity contribution is 0.112. The minimum Gasteiger partial charge on any atom is -0.493 e. The molecule has 0 bridgehead atoms. The monoisotopic (exact) mass is 216 g/mol. The molecule has 0 aromatic heterocycles. The molecule has 0 heterocycles. The Hall–Kier alpha value is -2.03. The third-order valence-electron chi connectivity index (χ3n) is 2.52. The number of hydrogen-bond donors (Lipinski definition) is 0. The molecule has 0 radical (unpaired) electrons. The van der Waals surface area contributed by atoms with Gasteiger partial charge in [-0.15, -0.1) is 0 Å². The highest BCUT2D eigenvalue weighted by Gasteiger charge is 2.08. The number of benzene rings is 2. The maximum atomic E-state index is 10.7. The maximum Gasteiger partial charge on any atom is 0.168 e. The van der Waals surface area contributed by atoms with Gasteiger partial charge in [0.15, 0.2) is 11.5 Å². The molecule has 0 amide bonds. The third-order valence-corrected chi connectivity index (χ3v) is 2.52. The van der Waals surface area contributed by atoms with Gasteiger partial charge in [-0.25, -0.2) is 0 Å². The first-order chi connectivity index (χ1) is 7.80. The summed E-state index contributed by atoms with van der Waals surface area (Å²) in [6.07, 6.45) is 0.830. The first-order valence-corrected chi connectivity index (χ1v) is 4.90. The van der Waals surface area contributed by atoms with Crippen molar-refractivity contribution in [1.82, 2.24) is 0 Å². The average Bonchev–Trinajstić information content (AvgIpc) is 2.36. The van der Waals surface area contributed by atoms with Gasteiger partial charge < -0.3 is 9.47 Å². The summed E-state index contributed by atoms with van der Waals surface area (Å²) in [7, 11) is 3.20. The minimum atomic E-state index is 0.653. The number of carbonyl (C=O) groups is 1. The van der Waals surface area contributed by atoms with Crippen molar-refractivity contribution in [3.05, 3.63) is 35.9 Å². The first-order valence-electron chi connectivity index (χ1n) is 4.90. The van der Waals surface area contributed by atoms with Crippen LogP contribution in [0.3, 0.4) is 0 Å². The van der Waals surface area contributed by atoms with Gasteiger partial charge in [0.25, 0.3) is 0 Å². The van der Waals surface area contributed by atoms with Crippen LogP contribution in [0.25, 0.3) is 10.8 Å². The van der Waals surface area contributed by atoms with Crippen molar-refractivity contribution in [2.75, 3.05) is 14.2 Å². The molecule has 82 valence electrons. The Bertz CT molecular complexity index is 532. The molecule has 0 aliphatic heterocycles. The molecule has 3 nitrogen and oxygen atoms in total. The molecule has 2 rings (SSSR count). The summed E-state index contributed by atoms with van der Waals surface area (Å²) in [5.41, 5.74) is 0.653. The van der Waals surface area contributed by atoms with E-state index in [9.17, 15) is 4.79 Å². The van der Waals surface area contributed by atoms with Crippen LogP contribution in [0.5, 0.6) is 11.5 Å². The summed E-state index contributed by atoms with van der Waals surface area (Å²) in [5.74, 6) is 1.38. The van der Waals surface area contributed by atoms with E-state index in [1.54, 1.807) is 20.3 Å². The van der Waals surface area contributed by atoms with Crippen molar-refractivity contribution >= 4 is 17.1 Å². The van der Waals surface area contributed by atoms with Gasteiger partial charge in [-0.2, -0.15) is 0 Å². The highest BCUT2D eigenvalue weighted by Crippen LogP contribution is 2.35. The molecule has 0 unspecified atom stereocenters. The summed E-state index contributed by atoms with van der Waals surface area (Å²) in [6.45, 7) is 0. The SMILES string of the molecule is COc1ccc2cc(C=O)ccc2c1OC. The van der Waals surface area contributed by atoms with Gasteiger partial charge in [0.2, 0.25) is 0 Å². The standard InChI is InChI=1S/C13H12O3/c1-15-12-6-4-10-7-9(8-14)3-5-11(10)13(12)16-2/h3-8H,1-2H3. The van der Waals surface area contributed by atoms with Gasteiger partial charge in [0.1, 0.15) is 6.29 Å². The summed E-state index contributed by atoms with van der Waals surface area (Å²) in [5, 5.41) is 1.90. The van der Waals surface area contributed by atoms with E-state index in [4.69, 9.17) is 9.47 Å². The number of aldehydes is 1. The van der Waals surface area contributed by atoms with E-state index in [1.807, 2.05) is 24.3 Å². The van der Waals surface area contributed by atoms with E-state index >= 15 is 0 Å². The molecule has 0 atom stereocenters. The highest BCUT2D eigenvalue weighted by molar-refractivity contribution is 5.94. The molecule has 0 saturated carbocycles. The van der Waals surface area contributed by atoms with Crippen LogP contribution in [-0.2, 0) is 0 Å². The van der Waals surface area contributed by atoms with Gasteiger partial charge in [-0.1, -0.05) is 12.1 Å². The lowest BCUT2D eigenvalue weighted by Crippen LogP contribution is -1.92. The second-order valence-electron chi connectivity index (χ2n) is 3.40. The minimum absolute atomic E-state index is 0.653. The third kappa shape index (κ3) is 1.60. The molecule has 0 fully saturated rings. The molecule has 0 saturated heterocycles. The van der Waals surface area contributed by atoms with E-state index in [1.165, 1.54) is 0 Å². The van der Waals surface area contributed by atoms with Crippen molar-refractivity contribution in [2.45, 2.75) is 0 Å². The van der Waals surface area contributed by atoms with Gasteiger partial charge in [0.05, 0.1) is 14.2 Å². The zero-order valence-corrected chi connectivity index (χ0v) is 9.19. The van der Waals surface area contributed by atoms with Gasteiger partial charge in [-0.3, -0.25) is 4.79 Å². The zero-order chi connectivity index (χ0) is 11.5. The zero-order valence-electron chi connectivity index (χ0n) is 9.19. The van der Waals surface area contributed by atoms with Crippen LogP contribution in [0.15, 0.2) is 30.3 Å². The Kier molecular flexibility index (Phi) is 2.77. The summed E-state index contributed by atoms with van der Waals surface area (Å²) >= 11 is 0. The molecule has 2 aromatic carbocycles. The molecule has 3 heteroatoms. The number of hydrogen-bond acceptors (Lipinski definition) is 3. The number of ether oxygens (including phenoxy) is 2. The summed E-state index contributed by atoms with van der Waals surface area (Å²) in [6, 6.07) is 9.18. The van der Waals surface area contributed by atoms with Crippen molar-refractivity contribution < 1.29 is 14.3 Å². The second-order valence-corrected chi connectivity index (χ2v) is 3.40. The van der Waals surface area contributed by atoms with Crippen LogP contribution >= 0.6 is 0 Å². The van der Waals surface area contributed by atoms with Crippen LogP contribution in [0.4, 0.5) is 0 Å². The largest absolute Gasteiger partial charge is 0.493 e. The van der Waals surface area contributed by atoms with E-state index < -0.39 is 0 Å². The fourth-order valence-electron chi connectivity index (χ4n) is 1.74. The fraction of sp³-hybridized carbons (Fsp3) is 0.154. The Morgan fingerprint density at radius 3 is 2.50 bits per heavy atom. The van der Waals surface area contributed by atoms with Crippen molar-refractivity contribution in [1.29, 1.82) is 0 Å². The number of fused-ring (bicyclic) bond motifs is 1. The number of carbonyl (C=O) groups excluding carboxylic acids is 1.